The van der Waals surface area contributed by atoms with E-state index in [2.05, 4.69) is 10.3 Å². The van der Waals surface area contributed by atoms with Crippen molar-refractivity contribution in [3.05, 3.63) is 28.3 Å². The summed E-state index contributed by atoms with van der Waals surface area (Å²) >= 11 is 0. The summed E-state index contributed by atoms with van der Waals surface area (Å²) in [6.45, 7) is 2.69. The Morgan fingerprint density at radius 1 is 1.55 bits per heavy atom. The number of para-hydroxylation sites is 1. The minimum atomic E-state index is -0.455. The van der Waals surface area contributed by atoms with Crippen LogP contribution in [-0.2, 0) is 4.74 Å². The van der Waals surface area contributed by atoms with Gasteiger partial charge in [-0.2, -0.15) is 4.98 Å². The molecule has 1 aromatic carbocycles. The molecule has 0 saturated heterocycles. The van der Waals surface area contributed by atoms with Crippen LogP contribution in [0.2, 0.25) is 0 Å². The average Bonchev–Trinajstić information content (AvgIpc) is 2.78. The Morgan fingerprint density at radius 3 is 3.05 bits per heavy atom. The minimum Gasteiger partial charge on any atom is -0.423 e. The van der Waals surface area contributed by atoms with E-state index in [1.165, 1.54) is 6.07 Å². The van der Waals surface area contributed by atoms with Gasteiger partial charge >= 0.3 is 0 Å². The number of aromatic nitrogens is 1. The first-order chi connectivity index (χ1) is 9.67. The zero-order valence-electron chi connectivity index (χ0n) is 11.0. The van der Waals surface area contributed by atoms with Crippen molar-refractivity contribution in [2.24, 2.45) is 0 Å². The Labute approximate surface area is 115 Å². The topological polar surface area (TPSA) is 90.4 Å². The molecule has 2 aromatic rings. The number of anilines is 1. The van der Waals surface area contributed by atoms with E-state index in [-0.39, 0.29) is 23.3 Å². The lowest BCUT2D eigenvalue weighted by Gasteiger charge is -2.34. The molecule has 1 aromatic heterocycles. The summed E-state index contributed by atoms with van der Waals surface area (Å²) in [6, 6.07) is 5.25. The van der Waals surface area contributed by atoms with Gasteiger partial charge in [-0.25, -0.2) is 0 Å². The number of oxazole rings is 1. The van der Waals surface area contributed by atoms with Crippen LogP contribution in [0.5, 0.6) is 0 Å². The lowest BCUT2D eigenvalue weighted by Crippen LogP contribution is -2.40. The number of nitro benzene ring substituents is 1. The fraction of sp³-hybridized carbons (Fsp3) is 0.462. The van der Waals surface area contributed by atoms with Crippen LogP contribution in [0, 0.1) is 10.1 Å². The zero-order valence-corrected chi connectivity index (χ0v) is 11.0. The highest BCUT2D eigenvalue weighted by Crippen LogP contribution is 2.30. The van der Waals surface area contributed by atoms with Crippen LogP contribution in [-0.4, -0.2) is 28.7 Å². The monoisotopic (exact) mass is 277 g/mol. The van der Waals surface area contributed by atoms with Gasteiger partial charge < -0.3 is 14.5 Å². The smallest absolute Gasteiger partial charge is 0.298 e. The van der Waals surface area contributed by atoms with Gasteiger partial charge in [-0.3, -0.25) is 10.1 Å². The van der Waals surface area contributed by atoms with Gasteiger partial charge in [-0.05, 0) is 25.8 Å². The highest BCUT2D eigenvalue weighted by atomic mass is 16.6. The molecule has 0 radical (unpaired) electrons. The quantitative estimate of drug-likeness (QED) is 0.667. The molecule has 1 fully saturated rings. The molecule has 1 heterocycles. The Kier molecular flexibility index (Phi) is 3.27. The molecule has 3 rings (SSSR count). The predicted octanol–water partition coefficient (Wildman–Crippen LogP) is 2.72. The van der Waals surface area contributed by atoms with Gasteiger partial charge in [0.25, 0.3) is 11.7 Å². The summed E-state index contributed by atoms with van der Waals surface area (Å²) in [6.07, 6.45) is 2.08. The Morgan fingerprint density at radius 2 is 2.35 bits per heavy atom. The molecule has 0 aliphatic heterocycles. The fourth-order valence-electron chi connectivity index (χ4n) is 2.37. The normalized spacial score (nSPS) is 21.6. The maximum atomic E-state index is 10.9. The molecular formula is C13H15N3O4. The van der Waals surface area contributed by atoms with Gasteiger partial charge in [0.05, 0.1) is 11.0 Å². The Balaban J connectivity index is 1.74. The van der Waals surface area contributed by atoms with Crippen molar-refractivity contribution in [3.63, 3.8) is 0 Å². The summed E-state index contributed by atoms with van der Waals surface area (Å²) in [5.74, 6) is 0. The Hall–Kier alpha value is -2.15. The molecule has 0 spiro atoms. The van der Waals surface area contributed by atoms with Crippen molar-refractivity contribution in [2.75, 3.05) is 11.9 Å². The standard InChI is InChI=1S/C13H15N3O4/c1-2-19-9-6-8(7-9)14-13-15-12-10(16(17)18)4-3-5-11(12)20-13/h3-5,8-9H,2,6-7H2,1H3,(H,14,15). The molecule has 20 heavy (non-hydrogen) atoms. The lowest BCUT2D eigenvalue weighted by molar-refractivity contribution is -0.383. The molecule has 0 amide bonds. The third-order valence-electron chi connectivity index (χ3n) is 3.42. The lowest BCUT2D eigenvalue weighted by atomic mass is 9.89. The van der Waals surface area contributed by atoms with Crippen molar-refractivity contribution < 1.29 is 14.1 Å². The van der Waals surface area contributed by atoms with E-state index in [1.807, 2.05) is 6.92 Å². The second-order valence-corrected chi connectivity index (χ2v) is 4.79. The van der Waals surface area contributed by atoms with E-state index >= 15 is 0 Å². The molecular weight excluding hydrogens is 262 g/mol. The first-order valence-electron chi connectivity index (χ1n) is 6.59. The molecule has 1 aliphatic carbocycles. The highest BCUT2D eigenvalue weighted by Gasteiger charge is 2.30. The SMILES string of the molecule is CCOC1CC(Nc2nc3c([N+](=O)[O-])cccc3o2)C1. The van der Waals surface area contributed by atoms with Crippen molar-refractivity contribution >= 4 is 22.8 Å². The molecule has 7 nitrogen and oxygen atoms in total. The third kappa shape index (κ3) is 2.32. The molecule has 0 unspecified atom stereocenters. The molecule has 106 valence electrons. The van der Waals surface area contributed by atoms with E-state index in [4.69, 9.17) is 9.15 Å². The second kappa shape index (κ2) is 5.09. The van der Waals surface area contributed by atoms with Crippen LogP contribution in [0.15, 0.2) is 22.6 Å². The van der Waals surface area contributed by atoms with Crippen LogP contribution >= 0.6 is 0 Å². The number of ether oxygens (including phenoxy) is 1. The largest absolute Gasteiger partial charge is 0.423 e. The number of hydrogen-bond donors (Lipinski definition) is 1. The van der Waals surface area contributed by atoms with Crippen LogP contribution in [0.3, 0.4) is 0 Å². The van der Waals surface area contributed by atoms with E-state index in [9.17, 15) is 10.1 Å². The van der Waals surface area contributed by atoms with Crippen LogP contribution in [0.4, 0.5) is 11.7 Å². The van der Waals surface area contributed by atoms with E-state index in [1.54, 1.807) is 12.1 Å². The summed E-state index contributed by atoms with van der Waals surface area (Å²) < 4.78 is 11.0. The zero-order chi connectivity index (χ0) is 14.1. The molecule has 1 aliphatic rings. The summed E-state index contributed by atoms with van der Waals surface area (Å²) in [5.41, 5.74) is 0.656. The van der Waals surface area contributed by atoms with E-state index in [0.717, 1.165) is 12.8 Å². The van der Waals surface area contributed by atoms with E-state index < -0.39 is 4.92 Å². The summed E-state index contributed by atoms with van der Waals surface area (Å²) in [5, 5.41) is 14.1. The van der Waals surface area contributed by atoms with Gasteiger partial charge in [-0.1, -0.05) is 6.07 Å². The van der Waals surface area contributed by atoms with E-state index in [0.29, 0.717) is 18.2 Å². The number of nitro groups is 1. The average molecular weight is 277 g/mol. The minimum absolute atomic E-state index is 0.0416. The number of fused-ring (bicyclic) bond motifs is 1. The first-order valence-corrected chi connectivity index (χ1v) is 6.59. The third-order valence-corrected chi connectivity index (χ3v) is 3.42. The Bertz CT molecular complexity index is 634. The van der Waals surface area contributed by atoms with Gasteiger partial charge in [0, 0.05) is 18.7 Å². The summed E-state index contributed by atoms with van der Waals surface area (Å²) in [4.78, 5) is 14.6. The maximum Gasteiger partial charge on any atom is 0.298 e. The summed E-state index contributed by atoms with van der Waals surface area (Å²) in [7, 11) is 0. The van der Waals surface area contributed by atoms with Crippen molar-refractivity contribution in [1.82, 2.24) is 4.98 Å². The maximum absolute atomic E-state index is 10.9. The molecule has 7 heteroatoms. The number of nitrogens with one attached hydrogen (secondary N) is 1. The highest BCUT2D eigenvalue weighted by molar-refractivity contribution is 5.84. The number of non-ortho nitro benzene ring substituents is 1. The van der Waals surface area contributed by atoms with Crippen LogP contribution in [0.1, 0.15) is 19.8 Å². The number of nitrogens with zero attached hydrogens (tertiary/aromatic N) is 2. The van der Waals surface area contributed by atoms with Crippen molar-refractivity contribution in [1.29, 1.82) is 0 Å². The number of benzene rings is 1. The molecule has 1 saturated carbocycles. The van der Waals surface area contributed by atoms with Gasteiger partial charge in [0.1, 0.15) is 0 Å². The fourth-order valence-corrected chi connectivity index (χ4v) is 2.37. The molecule has 0 atom stereocenters. The van der Waals surface area contributed by atoms with Crippen LogP contribution < -0.4 is 5.32 Å². The number of hydrogen-bond acceptors (Lipinski definition) is 6. The van der Waals surface area contributed by atoms with Gasteiger partial charge in [0.2, 0.25) is 0 Å². The first kappa shape index (κ1) is 12.9. The van der Waals surface area contributed by atoms with Gasteiger partial charge in [0.15, 0.2) is 11.1 Å². The number of rotatable bonds is 5. The van der Waals surface area contributed by atoms with Crippen molar-refractivity contribution in [3.8, 4) is 0 Å². The molecule has 0 bridgehead atoms. The van der Waals surface area contributed by atoms with Gasteiger partial charge in [-0.15, -0.1) is 0 Å². The second-order valence-electron chi connectivity index (χ2n) is 4.79. The van der Waals surface area contributed by atoms with Crippen LogP contribution in [0.25, 0.3) is 11.1 Å². The van der Waals surface area contributed by atoms with Crippen molar-refractivity contribution in [2.45, 2.75) is 31.9 Å². The predicted molar refractivity (Wildman–Crippen MR) is 72.7 cm³/mol. The molecule has 1 N–H and O–H groups in total.